The van der Waals surface area contributed by atoms with E-state index >= 15 is 0 Å². The molecule has 0 spiro atoms. The number of carboxylic acid groups (broad SMARTS) is 1. The quantitative estimate of drug-likeness (QED) is 0.894. The Morgan fingerprint density at radius 3 is 2.78 bits per heavy atom. The van der Waals surface area contributed by atoms with Crippen molar-refractivity contribution in [3.05, 3.63) is 36.2 Å². The number of aromatic carboxylic acids is 1. The number of hydrogen-bond donors (Lipinski definition) is 1. The lowest BCUT2D eigenvalue weighted by atomic mass is 10.2. The molecule has 18 heavy (non-hydrogen) atoms. The molecular weight excluding hydrogens is 236 g/mol. The van der Waals surface area contributed by atoms with Crippen LogP contribution in [0.4, 0.5) is 0 Å². The molecule has 2 rings (SSSR count). The van der Waals surface area contributed by atoms with Crippen LogP contribution in [0.1, 0.15) is 10.4 Å². The predicted octanol–water partition coefficient (Wildman–Crippen LogP) is 1.92. The van der Waals surface area contributed by atoms with Gasteiger partial charge < -0.3 is 19.1 Å². The number of carboxylic acids is 1. The van der Waals surface area contributed by atoms with Gasteiger partial charge in [0.05, 0.1) is 7.11 Å². The van der Waals surface area contributed by atoms with Gasteiger partial charge in [0.2, 0.25) is 0 Å². The maximum atomic E-state index is 11.1. The Morgan fingerprint density at radius 2 is 2.22 bits per heavy atom. The Balaban J connectivity index is 2.41. The van der Waals surface area contributed by atoms with E-state index in [2.05, 4.69) is 4.98 Å². The van der Waals surface area contributed by atoms with Gasteiger partial charge >= 0.3 is 12.0 Å². The average molecular weight is 248 g/mol. The van der Waals surface area contributed by atoms with E-state index in [-0.39, 0.29) is 11.3 Å². The first kappa shape index (κ1) is 12.0. The maximum absolute atomic E-state index is 11.1. The van der Waals surface area contributed by atoms with Gasteiger partial charge in [0.15, 0.2) is 0 Å². The summed E-state index contributed by atoms with van der Waals surface area (Å²) in [5, 5.41) is 9.08. The van der Waals surface area contributed by atoms with Crippen molar-refractivity contribution < 1.29 is 19.4 Å². The molecule has 1 aromatic heterocycles. The molecule has 1 N–H and O–H groups in total. The van der Waals surface area contributed by atoms with Crippen LogP contribution in [0.25, 0.3) is 0 Å². The first-order chi connectivity index (χ1) is 8.61. The zero-order valence-electron chi connectivity index (χ0n) is 9.95. The summed E-state index contributed by atoms with van der Waals surface area (Å²) in [5.74, 6) is -0.359. The number of aromatic nitrogens is 2. The first-order valence-electron chi connectivity index (χ1n) is 5.18. The molecule has 2 aromatic rings. The molecule has 1 heterocycles. The van der Waals surface area contributed by atoms with Crippen LogP contribution in [0, 0.1) is 0 Å². The van der Waals surface area contributed by atoms with E-state index in [1.54, 1.807) is 30.1 Å². The summed E-state index contributed by atoms with van der Waals surface area (Å²) in [5.41, 5.74) is 0.0544. The van der Waals surface area contributed by atoms with Gasteiger partial charge in [-0.3, -0.25) is 0 Å². The fourth-order valence-corrected chi connectivity index (χ4v) is 1.44. The molecule has 94 valence electrons. The molecule has 0 aliphatic carbocycles. The van der Waals surface area contributed by atoms with Gasteiger partial charge in [0.1, 0.15) is 17.1 Å². The normalized spacial score (nSPS) is 10.1. The molecule has 0 bridgehead atoms. The van der Waals surface area contributed by atoms with Crippen LogP contribution in [0.15, 0.2) is 30.6 Å². The van der Waals surface area contributed by atoms with Crippen LogP contribution in [0.5, 0.6) is 17.5 Å². The number of rotatable bonds is 4. The van der Waals surface area contributed by atoms with Crippen molar-refractivity contribution in [2.24, 2.45) is 7.05 Å². The summed E-state index contributed by atoms with van der Waals surface area (Å²) in [6.45, 7) is 0. The van der Waals surface area contributed by atoms with Crippen molar-refractivity contribution in [2.75, 3.05) is 7.11 Å². The van der Waals surface area contributed by atoms with Crippen molar-refractivity contribution in [3.8, 4) is 17.5 Å². The second kappa shape index (κ2) is 4.79. The van der Waals surface area contributed by atoms with Gasteiger partial charge in [-0.2, -0.15) is 0 Å². The lowest BCUT2D eigenvalue weighted by Crippen LogP contribution is -2.02. The predicted molar refractivity (Wildman–Crippen MR) is 63.2 cm³/mol. The van der Waals surface area contributed by atoms with E-state index in [0.29, 0.717) is 11.8 Å². The zero-order chi connectivity index (χ0) is 13.1. The lowest BCUT2D eigenvalue weighted by molar-refractivity contribution is 0.0694. The number of carbonyl (C=O) groups is 1. The molecule has 0 atom stereocenters. The van der Waals surface area contributed by atoms with Gasteiger partial charge in [0, 0.05) is 25.5 Å². The van der Waals surface area contributed by atoms with Crippen LogP contribution >= 0.6 is 0 Å². The highest BCUT2D eigenvalue weighted by atomic mass is 16.5. The highest BCUT2D eigenvalue weighted by molar-refractivity contribution is 5.91. The van der Waals surface area contributed by atoms with Crippen molar-refractivity contribution in [1.29, 1.82) is 0 Å². The highest BCUT2D eigenvalue weighted by Gasteiger charge is 2.14. The summed E-state index contributed by atoms with van der Waals surface area (Å²) in [4.78, 5) is 15.1. The highest BCUT2D eigenvalue weighted by Crippen LogP contribution is 2.28. The van der Waals surface area contributed by atoms with E-state index < -0.39 is 5.97 Å². The number of ether oxygens (including phenoxy) is 2. The summed E-state index contributed by atoms with van der Waals surface area (Å²) < 4.78 is 12.2. The molecule has 6 heteroatoms. The third-order valence-corrected chi connectivity index (χ3v) is 2.40. The van der Waals surface area contributed by atoms with Crippen molar-refractivity contribution in [2.45, 2.75) is 0 Å². The Labute approximate surface area is 103 Å². The van der Waals surface area contributed by atoms with E-state index in [1.165, 1.54) is 19.2 Å². The number of aryl methyl sites for hydroxylation is 1. The Bertz CT molecular complexity index is 577. The molecule has 0 saturated carbocycles. The summed E-state index contributed by atoms with van der Waals surface area (Å²) in [6.07, 6.45) is 3.27. The van der Waals surface area contributed by atoms with Gasteiger partial charge in [-0.1, -0.05) is 0 Å². The zero-order valence-corrected chi connectivity index (χ0v) is 9.95. The average Bonchev–Trinajstić information content (AvgIpc) is 2.74. The van der Waals surface area contributed by atoms with Crippen molar-refractivity contribution >= 4 is 5.97 Å². The number of imidazole rings is 1. The second-order valence-electron chi connectivity index (χ2n) is 3.59. The fraction of sp³-hybridized carbons (Fsp3) is 0.167. The van der Waals surface area contributed by atoms with Crippen LogP contribution in [-0.2, 0) is 7.05 Å². The van der Waals surface area contributed by atoms with E-state index in [0.717, 1.165) is 0 Å². The summed E-state index contributed by atoms with van der Waals surface area (Å²) in [6, 6.07) is 4.82. The summed E-state index contributed by atoms with van der Waals surface area (Å²) in [7, 11) is 3.25. The minimum absolute atomic E-state index is 0.0544. The molecule has 6 nitrogen and oxygen atoms in total. The largest absolute Gasteiger partial charge is 0.497 e. The van der Waals surface area contributed by atoms with Crippen LogP contribution < -0.4 is 9.47 Å². The molecule has 0 amide bonds. The molecule has 0 fully saturated rings. The van der Waals surface area contributed by atoms with Crippen LogP contribution in [0.3, 0.4) is 0 Å². The Kier molecular flexibility index (Phi) is 3.18. The van der Waals surface area contributed by atoms with Gasteiger partial charge in [-0.05, 0) is 12.1 Å². The topological polar surface area (TPSA) is 73.6 Å². The molecule has 0 radical (unpaired) electrons. The first-order valence-corrected chi connectivity index (χ1v) is 5.18. The minimum atomic E-state index is -1.07. The molecular formula is C12H12N2O4. The van der Waals surface area contributed by atoms with E-state index in [1.807, 2.05) is 0 Å². The Morgan fingerprint density at radius 1 is 1.44 bits per heavy atom. The van der Waals surface area contributed by atoms with Gasteiger partial charge in [0.25, 0.3) is 0 Å². The second-order valence-corrected chi connectivity index (χ2v) is 3.59. The Hall–Kier alpha value is -2.50. The van der Waals surface area contributed by atoms with Crippen LogP contribution in [-0.4, -0.2) is 27.7 Å². The van der Waals surface area contributed by atoms with Crippen molar-refractivity contribution in [1.82, 2.24) is 9.55 Å². The third kappa shape index (κ3) is 2.27. The SMILES string of the molecule is COc1ccc(C(=O)O)c(Oc2nccn2C)c1. The molecule has 1 aromatic carbocycles. The standard InChI is InChI=1S/C12H12N2O4/c1-14-6-5-13-12(14)18-10-7-8(17-2)3-4-9(10)11(15)16/h3-7H,1-2H3,(H,15,16). The van der Waals surface area contributed by atoms with E-state index in [9.17, 15) is 4.79 Å². The number of benzene rings is 1. The van der Waals surface area contributed by atoms with Gasteiger partial charge in [-0.25, -0.2) is 9.78 Å². The summed E-state index contributed by atoms with van der Waals surface area (Å²) >= 11 is 0. The smallest absolute Gasteiger partial charge is 0.339 e. The molecule has 0 aliphatic rings. The maximum Gasteiger partial charge on any atom is 0.339 e. The molecule has 0 saturated heterocycles. The van der Waals surface area contributed by atoms with Crippen LogP contribution in [0.2, 0.25) is 0 Å². The van der Waals surface area contributed by atoms with E-state index in [4.69, 9.17) is 14.6 Å². The number of hydrogen-bond acceptors (Lipinski definition) is 4. The molecule has 0 aliphatic heterocycles. The number of nitrogens with zero attached hydrogens (tertiary/aromatic N) is 2. The number of methoxy groups -OCH3 is 1. The molecule has 0 unspecified atom stereocenters. The third-order valence-electron chi connectivity index (χ3n) is 2.40. The van der Waals surface area contributed by atoms with Gasteiger partial charge in [-0.15, -0.1) is 0 Å². The fourth-order valence-electron chi connectivity index (χ4n) is 1.44. The minimum Gasteiger partial charge on any atom is -0.497 e. The monoisotopic (exact) mass is 248 g/mol. The lowest BCUT2D eigenvalue weighted by Gasteiger charge is -2.09. The van der Waals surface area contributed by atoms with Crippen molar-refractivity contribution in [3.63, 3.8) is 0 Å².